The smallest absolute Gasteiger partial charge is 0.255 e. The quantitative estimate of drug-likeness (QED) is 0.873. The van der Waals surface area contributed by atoms with Gasteiger partial charge in [-0.05, 0) is 24.3 Å². The van der Waals surface area contributed by atoms with Crippen molar-refractivity contribution >= 4 is 35.1 Å². The molecule has 23 heavy (non-hydrogen) atoms. The minimum absolute atomic E-state index is 0.0922. The molecule has 3 rings (SSSR count). The third-order valence-corrected chi connectivity index (χ3v) is 3.99. The van der Waals surface area contributed by atoms with Crippen molar-refractivity contribution in [2.45, 2.75) is 11.4 Å². The third kappa shape index (κ3) is 3.95. The van der Waals surface area contributed by atoms with E-state index >= 15 is 0 Å². The molecule has 1 aromatic heterocycles. The van der Waals surface area contributed by atoms with Gasteiger partial charge in [-0.1, -0.05) is 36.0 Å². The van der Waals surface area contributed by atoms with Crippen LogP contribution in [-0.2, 0) is 9.59 Å². The summed E-state index contributed by atoms with van der Waals surface area (Å²) in [5.41, 5.74) is 0.685. The highest BCUT2D eigenvalue weighted by molar-refractivity contribution is 7.99. The Kier molecular flexibility index (Phi) is 4.68. The lowest BCUT2D eigenvalue weighted by Crippen LogP contribution is -2.31. The van der Waals surface area contributed by atoms with Crippen LogP contribution in [0.15, 0.2) is 64.9 Å². The second-order valence-electron chi connectivity index (χ2n) is 4.77. The zero-order chi connectivity index (χ0) is 16.1. The maximum absolute atomic E-state index is 12.0. The molecule has 1 aliphatic heterocycles. The number of amides is 2. The minimum atomic E-state index is -0.206. The highest BCUT2D eigenvalue weighted by Crippen LogP contribution is 2.19. The fraction of sp³-hybridized carbons (Fsp3) is 0.125. The molecule has 7 heteroatoms. The summed E-state index contributed by atoms with van der Waals surface area (Å²) < 4.78 is 0. The minimum Gasteiger partial charge on any atom is -0.312 e. The Morgan fingerprint density at radius 3 is 2.70 bits per heavy atom. The van der Waals surface area contributed by atoms with Crippen LogP contribution in [0, 0.1) is 0 Å². The van der Waals surface area contributed by atoms with Crippen LogP contribution in [0.25, 0.3) is 0 Å². The monoisotopic (exact) mass is 326 g/mol. The summed E-state index contributed by atoms with van der Waals surface area (Å²) in [6, 6.07) is 14.6. The number of aromatic nitrogens is 1. The van der Waals surface area contributed by atoms with E-state index in [1.807, 2.05) is 36.4 Å². The molecule has 0 saturated carbocycles. The molecule has 0 unspecified atom stereocenters. The molecule has 0 radical (unpaired) electrons. The predicted octanol–water partition coefficient (Wildman–Crippen LogP) is 2.04. The summed E-state index contributed by atoms with van der Waals surface area (Å²) >= 11 is 1.33. The van der Waals surface area contributed by atoms with Gasteiger partial charge in [0.2, 0.25) is 5.91 Å². The maximum atomic E-state index is 12.0. The summed E-state index contributed by atoms with van der Waals surface area (Å²) in [6.07, 6.45) is 1.77. The number of amidine groups is 1. The number of pyridine rings is 1. The Balaban J connectivity index is 1.58. The van der Waals surface area contributed by atoms with E-state index in [-0.39, 0.29) is 24.0 Å². The van der Waals surface area contributed by atoms with Crippen LogP contribution in [0.3, 0.4) is 0 Å². The summed E-state index contributed by atoms with van der Waals surface area (Å²) in [5.74, 6) is 0.215. The Hall–Kier alpha value is -2.67. The first-order valence-electron chi connectivity index (χ1n) is 7.01. The summed E-state index contributed by atoms with van der Waals surface area (Å²) in [5, 5.41) is 8.94. The molecule has 2 aromatic rings. The van der Waals surface area contributed by atoms with Crippen molar-refractivity contribution < 1.29 is 9.59 Å². The third-order valence-electron chi connectivity index (χ3n) is 3.05. The number of hydrazone groups is 1. The number of para-hydroxylation sites is 1. The van der Waals surface area contributed by atoms with Gasteiger partial charge in [-0.2, -0.15) is 10.1 Å². The van der Waals surface area contributed by atoms with Gasteiger partial charge in [0.05, 0.1) is 22.9 Å². The lowest BCUT2D eigenvalue weighted by molar-refractivity contribution is -0.117. The average molecular weight is 326 g/mol. The van der Waals surface area contributed by atoms with Gasteiger partial charge in [0, 0.05) is 6.20 Å². The van der Waals surface area contributed by atoms with Gasteiger partial charge >= 0.3 is 0 Å². The Morgan fingerprint density at radius 2 is 1.96 bits per heavy atom. The van der Waals surface area contributed by atoms with Crippen molar-refractivity contribution in [1.29, 1.82) is 0 Å². The molecular formula is C16H14N4O2S. The Bertz CT molecular complexity index is 734. The van der Waals surface area contributed by atoms with E-state index < -0.39 is 0 Å². The van der Waals surface area contributed by atoms with E-state index in [1.54, 1.807) is 18.3 Å². The number of benzene rings is 1. The van der Waals surface area contributed by atoms with E-state index in [4.69, 9.17) is 0 Å². The second-order valence-corrected chi connectivity index (χ2v) is 5.77. The zero-order valence-corrected chi connectivity index (χ0v) is 13.0. The van der Waals surface area contributed by atoms with E-state index in [0.29, 0.717) is 11.5 Å². The van der Waals surface area contributed by atoms with E-state index in [9.17, 15) is 9.59 Å². The van der Waals surface area contributed by atoms with Crippen LogP contribution in [-0.4, -0.2) is 28.4 Å². The van der Waals surface area contributed by atoms with Crippen molar-refractivity contribution in [3.05, 3.63) is 54.7 Å². The van der Waals surface area contributed by atoms with Crippen LogP contribution in [0.4, 0.5) is 5.69 Å². The van der Waals surface area contributed by atoms with Gasteiger partial charge in [0.15, 0.2) is 0 Å². The molecule has 2 heterocycles. The van der Waals surface area contributed by atoms with E-state index in [0.717, 1.165) is 5.03 Å². The molecule has 6 nitrogen and oxygen atoms in total. The first-order chi connectivity index (χ1) is 11.2. The highest BCUT2D eigenvalue weighted by atomic mass is 32.2. The summed E-state index contributed by atoms with van der Waals surface area (Å²) in [7, 11) is 0. The number of carbonyl (C=O) groups excluding carboxylic acids is 2. The second kappa shape index (κ2) is 7.06. The van der Waals surface area contributed by atoms with Gasteiger partial charge in [-0.3, -0.25) is 9.59 Å². The van der Waals surface area contributed by atoms with E-state index in [1.165, 1.54) is 16.8 Å². The molecule has 0 bridgehead atoms. The van der Waals surface area contributed by atoms with Crippen molar-refractivity contribution in [2.75, 3.05) is 10.8 Å². The van der Waals surface area contributed by atoms with Gasteiger partial charge in [-0.15, -0.1) is 0 Å². The topological polar surface area (TPSA) is 74.7 Å². The molecule has 1 aromatic carbocycles. The Labute approximate surface area is 137 Å². The number of anilines is 1. The number of carbonyl (C=O) groups is 2. The summed E-state index contributed by atoms with van der Waals surface area (Å²) in [6.45, 7) is 0. The lowest BCUT2D eigenvalue weighted by Gasteiger charge is -2.10. The molecule has 2 amide bonds. The molecule has 1 aliphatic rings. The Morgan fingerprint density at radius 1 is 1.17 bits per heavy atom. The van der Waals surface area contributed by atoms with Crippen molar-refractivity contribution in [1.82, 2.24) is 10.3 Å². The number of nitrogens with one attached hydrogen (secondary N) is 1. The number of hydrogen-bond donors (Lipinski definition) is 1. The van der Waals surface area contributed by atoms with Crippen LogP contribution < -0.4 is 10.3 Å². The normalized spacial score (nSPS) is 13.8. The zero-order valence-electron chi connectivity index (χ0n) is 12.2. The molecule has 0 fully saturated rings. The van der Waals surface area contributed by atoms with Gasteiger partial charge in [0.25, 0.3) is 5.91 Å². The first-order valence-corrected chi connectivity index (χ1v) is 8.00. The fourth-order valence-corrected chi connectivity index (χ4v) is 2.70. The molecule has 116 valence electrons. The summed E-state index contributed by atoms with van der Waals surface area (Å²) in [4.78, 5) is 28.1. The largest absolute Gasteiger partial charge is 0.312 e. The van der Waals surface area contributed by atoms with Crippen LogP contribution in [0.2, 0.25) is 0 Å². The lowest BCUT2D eigenvalue weighted by atomic mass is 10.3. The SMILES string of the molecule is O=C(CSc1ccccn1)NC1=NN(c2ccccc2)C(=O)C1. The van der Waals surface area contributed by atoms with Crippen molar-refractivity contribution in [2.24, 2.45) is 5.10 Å². The van der Waals surface area contributed by atoms with Crippen LogP contribution in [0.1, 0.15) is 6.42 Å². The van der Waals surface area contributed by atoms with Crippen LogP contribution in [0.5, 0.6) is 0 Å². The van der Waals surface area contributed by atoms with Crippen LogP contribution >= 0.6 is 11.8 Å². The fourth-order valence-electron chi connectivity index (χ4n) is 2.04. The molecule has 1 N–H and O–H groups in total. The number of nitrogens with zero attached hydrogens (tertiary/aromatic N) is 3. The molecule has 0 saturated heterocycles. The first kappa shape index (κ1) is 15.2. The molecular weight excluding hydrogens is 312 g/mol. The molecule has 0 atom stereocenters. The van der Waals surface area contributed by atoms with Gasteiger partial charge < -0.3 is 5.32 Å². The number of rotatable bonds is 4. The average Bonchev–Trinajstić information content (AvgIpc) is 2.95. The molecule has 0 aliphatic carbocycles. The highest BCUT2D eigenvalue weighted by Gasteiger charge is 2.26. The molecule has 0 spiro atoms. The van der Waals surface area contributed by atoms with Gasteiger partial charge in [-0.25, -0.2) is 4.98 Å². The van der Waals surface area contributed by atoms with Crippen molar-refractivity contribution in [3.63, 3.8) is 0 Å². The number of hydrogen-bond acceptors (Lipinski definition) is 5. The standard InChI is InChI=1S/C16H14N4O2S/c21-14(11-23-15-8-4-5-9-17-15)18-13-10-16(22)20(19-13)12-6-2-1-3-7-12/h1-9H,10-11H2,(H,18,19,21). The van der Waals surface area contributed by atoms with Crippen molar-refractivity contribution in [3.8, 4) is 0 Å². The van der Waals surface area contributed by atoms with Gasteiger partial charge in [0.1, 0.15) is 5.84 Å². The predicted molar refractivity (Wildman–Crippen MR) is 89.1 cm³/mol. The number of thioether (sulfide) groups is 1. The van der Waals surface area contributed by atoms with E-state index in [2.05, 4.69) is 15.4 Å². The maximum Gasteiger partial charge on any atom is 0.255 e.